The molecule has 0 atom stereocenters. The van der Waals surface area contributed by atoms with Crippen molar-refractivity contribution in [3.8, 4) is 0 Å². The van der Waals surface area contributed by atoms with Crippen LogP contribution < -0.4 is 10.6 Å². The third-order valence-corrected chi connectivity index (χ3v) is 4.64. The number of hydrogen-bond donors (Lipinski definition) is 2. The number of carbonyl (C=O) groups excluding carboxylic acids is 1. The fourth-order valence-corrected chi connectivity index (χ4v) is 2.93. The maximum atomic E-state index is 12.5. The van der Waals surface area contributed by atoms with Gasteiger partial charge in [-0.1, -0.05) is 11.6 Å². The largest absolute Gasteiger partial charge is 0.385 e. The van der Waals surface area contributed by atoms with Gasteiger partial charge < -0.3 is 15.5 Å². The quantitative estimate of drug-likeness (QED) is 0.849. The molecule has 1 aliphatic rings. The first kappa shape index (κ1) is 16.1. The van der Waals surface area contributed by atoms with Crippen molar-refractivity contribution in [2.45, 2.75) is 31.7 Å². The highest BCUT2D eigenvalue weighted by Gasteiger charge is 2.39. The van der Waals surface area contributed by atoms with Crippen LogP contribution >= 0.6 is 11.6 Å². The van der Waals surface area contributed by atoms with Crippen LogP contribution in [-0.4, -0.2) is 43.5 Å². The Morgan fingerprint density at radius 1 is 1.38 bits per heavy atom. The zero-order valence-corrected chi connectivity index (χ0v) is 13.8. The second kappa shape index (κ2) is 6.67. The summed E-state index contributed by atoms with van der Waals surface area (Å²) in [5.74, 6) is -0.0680. The van der Waals surface area contributed by atoms with E-state index in [0.717, 1.165) is 25.1 Å². The maximum Gasteiger partial charge on any atom is 0.253 e. The van der Waals surface area contributed by atoms with Gasteiger partial charge in [0, 0.05) is 29.3 Å². The molecule has 0 aliphatic heterocycles. The first-order valence-electron chi connectivity index (χ1n) is 7.47. The first-order valence-corrected chi connectivity index (χ1v) is 7.85. The van der Waals surface area contributed by atoms with E-state index in [2.05, 4.69) is 29.6 Å². The Bertz CT molecular complexity index is 512. The lowest BCUT2D eigenvalue weighted by atomic mass is 9.75. The van der Waals surface area contributed by atoms with E-state index in [4.69, 9.17) is 11.6 Å². The number of nitrogens with zero attached hydrogens (tertiary/aromatic N) is 1. The summed E-state index contributed by atoms with van der Waals surface area (Å²) in [5, 5.41) is 6.85. The van der Waals surface area contributed by atoms with Crippen LogP contribution in [0.15, 0.2) is 18.2 Å². The normalized spacial score (nSPS) is 16.4. The smallest absolute Gasteiger partial charge is 0.253 e. The summed E-state index contributed by atoms with van der Waals surface area (Å²) < 4.78 is 0. The molecule has 21 heavy (non-hydrogen) atoms. The minimum Gasteiger partial charge on any atom is -0.385 e. The number of amides is 1. The Morgan fingerprint density at radius 3 is 2.62 bits per heavy atom. The average Bonchev–Trinajstić information content (AvgIpc) is 2.39. The Hall–Kier alpha value is -1.26. The zero-order valence-electron chi connectivity index (χ0n) is 13.0. The van der Waals surface area contributed by atoms with Crippen molar-refractivity contribution >= 4 is 23.2 Å². The van der Waals surface area contributed by atoms with E-state index >= 15 is 0 Å². The Balaban J connectivity index is 2.08. The molecule has 0 spiro atoms. The predicted octanol–water partition coefficient (Wildman–Crippen LogP) is 2.99. The molecule has 1 fully saturated rings. The summed E-state index contributed by atoms with van der Waals surface area (Å²) in [4.78, 5) is 14.7. The lowest BCUT2D eigenvalue weighted by molar-refractivity contribution is 0.0558. The zero-order chi connectivity index (χ0) is 15.5. The molecular formula is C16H24ClN3O. The van der Waals surface area contributed by atoms with E-state index in [1.54, 1.807) is 12.1 Å². The summed E-state index contributed by atoms with van der Waals surface area (Å²) in [5.41, 5.74) is 1.55. The minimum atomic E-state index is -0.0680. The fourth-order valence-electron chi connectivity index (χ4n) is 2.76. The second-order valence-electron chi connectivity index (χ2n) is 5.88. The molecule has 0 unspecified atom stereocenters. The Kier molecular flexibility index (Phi) is 5.12. The highest BCUT2D eigenvalue weighted by Crippen LogP contribution is 2.35. The Morgan fingerprint density at radius 2 is 2.10 bits per heavy atom. The van der Waals surface area contributed by atoms with Crippen LogP contribution in [0.2, 0.25) is 5.02 Å². The van der Waals surface area contributed by atoms with Crippen LogP contribution in [0.25, 0.3) is 0 Å². The van der Waals surface area contributed by atoms with Crippen molar-refractivity contribution in [2.75, 3.05) is 32.5 Å². The van der Waals surface area contributed by atoms with Crippen molar-refractivity contribution in [3.05, 3.63) is 28.8 Å². The number of likely N-dealkylation sites (N-methyl/N-ethyl adjacent to an activating group) is 1. The van der Waals surface area contributed by atoms with Crippen molar-refractivity contribution in [3.63, 3.8) is 0 Å². The minimum absolute atomic E-state index is 0.0680. The van der Waals surface area contributed by atoms with Crippen LogP contribution in [0, 0.1) is 0 Å². The SMILES string of the molecule is CCNc1ccc(Cl)cc1C(=O)NCC1(N(C)C)CCC1. The van der Waals surface area contributed by atoms with Gasteiger partial charge in [-0.25, -0.2) is 0 Å². The first-order chi connectivity index (χ1) is 9.98. The number of hydrogen-bond acceptors (Lipinski definition) is 3. The summed E-state index contributed by atoms with van der Waals surface area (Å²) in [6, 6.07) is 5.37. The fraction of sp³-hybridized carbons (Fsp3) is 0.562. The van der Waals surface area contributed by atoms with Gasteiger partial charge in [-0.2, -0.15) is 0 Å². The molecule has 4 nitrogen and oxygen atoms in total. The van der Waals surface area contributed by atoms with Gasteiger partial charge in [0.1, 0.15) is 0 Å². The van der Waals surface area contributed by atoms with Gasteiger partial charge in [0.25, 0.3) is 5.91 Å². The van der Waals surface area contributed by atoms with E-state index in [1.807, 2.05) is 13.0 Å². The molecule has 1 saturated carbocycles. The van der Waals surface area contributed by atoms with Gasteiger partial charge in [-0.05, 0) is 58.5 Å². The molecular weight excluding hydrogens is 286 g/mol. The number of anilines is 1. The molecule has 2 rings (SSSR count). The summed E-state index contributed by atoms with van der Waals surface area (Å²) in [6.07, 6.45) is 3.50. The highest BCUT2D eigenvalue weighted by atomic mass is 35.5. The van der Waals surface area contributed by atoms with E-state index in [9.17, 15) is 4.79 Å². The summed E-state index contributed by atoms with van der Waals surface area (Å²) >= 11 is 6.02. The standard InChI is InChI=1S/C16H24ClN3O/c1-4-18-14-7-6-12(17)10-13(14)15(21)19-11-16(20(2)3)8-5-9-16/h6-7,10,18H,4-5,8-9,11H2,1-3H3,(H,19,21). The van der Waals surface area contributed by atoms with E-state index < -0.39 is 0 Å². The van der Waals surface area contributed by atoms with E-state index in [1.165, 1.54) is 6.42 Å². The Labute approximate surface area is 131 Å². The van der Waals surface area contributed by atoms with Crippen molar-refractivity contribution in [1.29, 1.82) is 0 Å². The molecule has 5 heteroatoms. The van der Waals surface area contributed by atoms with Gasteiger partial charge >= 0.3 is 0 Å². The van der Waals surface area contributed by atoms with Gasteiger partial charge in [0.05, 0.1) is 5.56 Å². The molecule has 0 aromatic heterocycles. The lowest BCUT2D eigenvalue weighted by Gasteiger charge is -2.47. The topological polar surface area (TPSA) is 44.4 Å². The highest BCUT2D eigenvalue weighted by molar-refractivity contribution is 6.31. The monoisotopic (exact) mass is 309 g/mol. The molecule has 116 valence electrons. The third-order valence-electron chi connectivity index (χ3n) is 4.40. The van der Waals surface area contributed by atoms with Crippen LogP contribution in [0.4, 0.5) is 5.69 Å². The second-order valence-corrected chi connectivity index (χ2v) is 6.31. The number of nitrogens with one attached hydrogen (secondary N) is 2. The molecule has 1 aromatic rings. The number of carbonyl (C=O) groups is 1. The molecule has 0 radical (unpaired) electrons. The molecule has 0 bridgehead atoms. The van der Waals surface area contributed by atoms with Crippen molar-refractivity contribution in [1.82, 2.24) is 10.2 Å². The molecule has 0 saturated heterocycles. The molecule has 1 amide bonds. The number of benzene rings is 1. The molecule has 1 aromatic carbocycles. The maximum absolute atomic E-state index is 12.5. The van der Waals surface area contributed by atoms with Crippen LogP contribution in [0.5, 0.6) is 0 Å². The number of halogens is 1. The van der Waals surface area contributed by atoms with Gasteiger partial charge in [-0.3, -0.25) is 4.79 Å². The van der Waals surface area contributed by atoms with Crippen molar-refractivity contribution < 1.29 is 4.79 Å². The average molecular weight is 310 g/mol. The van der Waals surface area contributed by atoms with Crippen LogP contribution in [0.3, 0.4) is 0 Å². The van der Waals surface area contributed by atoms with Crippen LogP contribution in [0.1, 0.15) is 36.5 Å². The van der Waals surface area contributed by atoms with E-state index in [-0.39, 0.29) is 11.4 Å². The molecule has 1 aliphatic carbocycles. The molecule has 0 heterocycles. The van der Waals surface area contributed by atoms with Gasteiger partial charge in [0.2, 0.25) is 0 Å². The lowest BCUT2D eigenvalue weighted by Crippen LogP contribution is -2.57. The third kappa shape index (κ3) is 3.50. The molecule has 2 N–H and O–H groups in total. The predicted molar refractivity (Wildman–Crippen MR) is 88.2 cm³/mol. The summed E-state index contributed by atoms with van der Waals surface area (Å²) in [7, 11) is 4.16. The van der Waals surface area contributed by atoms with Gasteiger partial charge in [-0.15, -0.1) is 0 Å². The summed E-state index contributed by atoms with van der Waals surface area (Å²) in [6.45, 7) is 3.45. The van der Waals surface area contributed by atoms with Gasteiger partial charge in [0.15, 0.2) is 0 Å². The van der Waals surface area contributed by atoms with E-state index in [0.29, 0.717) is 17.1 Å². The van der Waals surface area contributed by atoms with Crippen molar-refractivity contribution in [2.24, 2.45) is 0 Å². The number of rotatable bonds is 6. The van der Waals surface area contributed by atoms with Crippen LogP contribution in [-0.2, 0) is 0 Å².